The Morgan fingerprint density at radius 2 is 1.45 bits per heavy atom. The van der Waals surface area contributed by atoms with Crippen LogP contribution in [0.5, 0.6) is 5.75 Å². The molecule has 216 valence electrons. The Morgan fingerprint density at radius 1 is 0.786 bits per heavy atom. The lowest BCUT2D eigenvalue weighted by Gasteiger charge is -2.24. The second kappa shape index (κ2) is 15.3. The van der Waals surface area contributed by atoms with Gasteiger partial charge in [0.15, 0.2) is 0 Å². The van der Waals surface area contributed by atoms with E-state index in [1.807, 2.05) is 66.7 Å². The van der Waals surface area contributed by atoms with Crippen LogP contribution in [0, 0.1) is 0 Å². The van der Waals surface area contributed by atoms with Crippen LogP contribution in [0.3, 0.4) is 0 Å². The summed E-state index contributed by atoms with van der Waals surface area (Å²) in [5, 5.41) is 15.0. The number of carboxylic acids is 1. The van der Waals surface area contributed by atoms with Crippen LogP contribution in [0.4, 0.5) is 10.5 Å². The van der Waals surface area contributed by atoms with Crippen LogP contribution in [0.2, 0.25) is 5.02 Å². The summed E-state index contributed by atoms with van der Waals surface area (Å²) in [7, 11) is 0. The molecule has 4 aromatic rings. The summed E-state index contributed by atoms with van der Waals surface area (Å²) < 4.78 is 5.85. The third-order valence-corrected chi connectivity index (χ3v) is 6.69. The van der Waals surface area contributed by atoms with E-state index in [2.05, 4.69) is 10.6 Å². The molecular formula is C33H32ClN3O5. The molecule has 0 aliphatic carbocycles. The predicted octanol–water partition coefficient (Wildman–Crippen LogP) is 6.40. The monoisotopic (exact) mass is 585 g/mol. The van der Waals surface area contributed by atoms with Gasteiger partial charge < -0.3 is 25.4 Å². The van der Waals surface area contributed by atoms with Gasteiger partial charge in [-0.05, 0) is 71.6 Å². The van der Waals surface area contributed by atoms with Crippen LogP contribution < -0.4 is 15.4 Å². The average molecular weight is 586 g/mol. The van der Waals surface area contributed by atoms with E-state index in [1.165, 1.54) is 0 Å². The topological polar surface area (TPSA) is 108 Å². The molecule has 0 radical (unpaired) electrons. The van der Waals surface area contributed by atoms with Gasteiger partial charge in [0.2, 0.25) is 0 Å². The molecule has 0 aromatic heterocycles. The highest BCUT2D eigenvalue weighted by Crippen LogP contribution is 2.19. The number of amides is 3. The zero-order valence-corrected chi connectivity index (χ0v) is 23.7. The highest BCUT2D eigenvalue weighted by atomic mass is 35.5. The molecule has 0 saturated carbocycles. The predicted molar refractivity (Wildman–Crippen MR) is 163 cm³/mol. The van der Waals surface area contributed by atoms with Crippen molar-refractivity contribution in [3.05, 3.63) is 130 Å². The van der Waals surface area contributed by atoms with Crippen molar-refractivity contribution in [1.82, 2.24) is 10.2 Å². The maximum absolute atomic E-state index is 13.4. The summed E-state index contributed by atoms with van der Waals surface area (Å²) in [4.78, 5) is 38.1. The standard InChI is InChI=1S/C33H32ClN3O5/c34-28-12-8-24(9-13-28)19-21-37(22-25-6-10-27(11-7-25)32(40)35-20-18-31(38)39)33(41)36-29-14-16-30(17-15-29)42-23-26-4-2-1-3-5-26/h1-17H,18-23H2,(H,35,40)(H,36,41)(H,38,39). The highest BCUT2D eigenvalue weighted by molar-refractivity contribution is 6.30. The summed E-state index contributed by atoms with van der Waals surface area (Å²) in [5.74, 6) is -0.630. The zero-order chi connectivity index (χ0) is 29.7. The molecule has 4 aromatic carbocycles. The largest absolute Gasteiger partial charge is 0.489 e. The van der Waals surface area contributed by atoms with Gasteiger partial charge in [-0.15, -0.1) is 0 Å². The first kappa shape index (κ1) is 30.1. The minimum atomic E-state index is -0.977. The van der Waals surface area contributed by atoms with E-state index in [-0.39, 0.29) is 24.9 Å². The Kier molecular flexibility index (Phi) is 10.9. The number of benzene rings is 4. The van der Waals surface area contributed by atoms with Gasteiger partial charge in [0.1, 0.15) is 12.4 Å². The van der Waals surface area contributed by atoms with Crippen molar-refractivity contribution >= 4 is 35.2 Å². The third kappa shape index (κ3) is 9.67. The van der Waals surface area contributed by atoms with Gasteiger partial charge in [-0.3, -0.25) is 9.59 Å². The third-order valence-electron chi connectivity index (χ3n) is 6.44. The van der Waals surface area contributed by atoms with E-state index in [1.54, 1.807) is 41.3 Å². The number of rotatable bonds is 13. The molecule has 0 aliphatic heterocycles. The Morgan fingerprint density at radius 3 is 2.12 bits per heavy atom. The Balaban J connectivity index is 1.39. The van der Waals surface area contributed by atoms with Crippen molar-refractivity contribution < 1.29 is 24.2 Å². The molecule has 0 fully saturated rings. The van der Waals surface area contributed by atoms with Crippen LogP contribution in [0.1, 0.15) is 33.5 Å². The molecule has 0 saturated heterocycles. The van der Waals surface area contributed by atoms with Crippen LogP contribution >= 0.6 is 11.6 Å². The second-order valence-corrected chi connectivity index (χ2v) is 10.1. The summed E-state index contributed by atoms with van der Waals surface area (Å²) >= 11 is 6.02. The summed E-state index contributed by atoms with van der Waals surface area (Å²) in [6.07, 6.45) is 0.478. The quantitative estimate of drug-likeness (QED) is 0.168. The lowest BCUT2D eigenvalue weighted by molar-refractivity contribution is -0.136. The molecule has 4 rings (SSSR count). The van der Waals surface area contributed by atoms with Crippen molar-refractivity contribution in [2.24, 2.45) is 0 Å². The fourth-order valence-electron chi connectivity index (χ4n) is 4.11. The number of carboxylic acid groups (broad SMARTS) is 1. The number of nitrogens with one attached hydrogen (secondary N) is 2. The Hall–Kier alpha value is -4.82. The number of halogens is 1. The number of anilines is 1. The second-order valence-electron chi connectivity index (χ2n) is 9.62. The summed E-state index contributed by atoms with van der Waals surface area (Å²) in [6.45, 7) is 1.27. The van der Waals surface area contributed by atoms with E-state index >= 15 is 0 Å². The number of carbonyl (C=O) groups excluding carboxylic acids is 2. The van der Waals surface area contributed by atoms with E-state index in [9.17, 15) is 14.4 Å². The first-order valence-corrected chi connectivity index (χ1v) is 13.9. The minimum Gasteiger partial charge on any atom is -0.489 e. The maximum Gasteiger partial charge on any atom is 0.322 e. The average Bonchev–Trinajstić information content (AvgIpc) is 3.00. The Bertz CT molecular complexity index is 1460. The fourth-order valence-corrected chi connectivity index (χ4v) is 4.24. The van der Waals surface area contributed by atoms with Crippen LogP contribution in [-0.2, 0) is 24.4 Å². The molecular weight excluding hydrogens is 554 g/mol. The molecule has 3 N–H and O–H groups in total. The van der Waals surface area contributed by atoms with Gasteiger partial charge in [0.25, 0.3) is 5.91 Å². The molecule has 0 spiro atoms. The van der Waals surface area contributed by atoms with Crippen molar-refractivity contribution in [3.8, 4) is 5.75 Å². The molecule has 0 bridgehead atoms. The molecule has 0 heterocycles. The molecule has 8 nitrogen and oxygen atoms in total. The summed E-state index contributed by atoms with van der Waals surface area (Å²) in [6, 6.07) is 31.3. The van der Waals surface area contributed by atoms with Gasteiger partial charge in [-0.2, -0.15) is 0 Å². The first-order chi connectivity index (χ1) is 20.4. The van der Waals surface area contributed by atoms with E-state index in [0.29, 0.717) is 48.1 Å². The number of ether oxygens (including phenoxy) is 1. The maximum atomic E-state index is 13.4. The molecule has 9 heteroatoms. The zero-order valence-electron chi connectivity index (χ0n) is 23.0. The SMILES string of the molecule is O=C(O)CCNC(=O)c1ccc(CN(CCc2ccc(Cl)cc2)C(=O)Nc2ccc(OCc3ccccc3)cc2)cc1. The van der Waals surface area contributed by atoms with Gasteiger partial charge in [0.05, 0.1) is 6.42 Å². The van der Waals surface area contributed by atoms with E-state index in [4.69, 9.17) is 21.4 Å². The lowest BCUT2D eigenvalue weighted by Crippen LogP contribution is -2.36. The van der Waals surface area contributed by atoms with Crippen molar-refractivity contribution in [1.29, 1.82) is 0 Å². The number of urea groups is 1. The van der Waals surface area contributed by atoms with Gasteiger partial charge in [-0.25, -0.2) is 4.79 Å². The van der Waals surface area contributed by atoms with Gasteiger partial charge in [-0.1, -0.05) is 66.2 Å². The van der Waals surface area contributed by atoms with Crippen molar-refractivity contribution in [3.63, 3.8) is 0 Å². The first-order valence-electron chi connectivity index (χ1n) is 13.5. The normalized spacial score (nSPS) is 10.5. The number of hydrogen-bond acceptors (Lipinski definition) is 4. The van der Waals surface area contributed by atoms with E-state index < -0.39 is 5.97 Å². The molecule has 3 amide bonds. The van der Waals surface area contributed by atoms with Crippen LogP contribution in [-0.4, -0.2) is 41.0 Å². The number of hydrogen-bond donors (Lipinski definition) is 3. The highest BCUT2D eigenvalue weighted by Gasteiger charge is 2.16. The fraction of sp³-hybridized carbons (Fsp3) is 0.182. The summed E-state index contributed by atoms with van der Waals surface area (Å²) in [5.41, 5.74) is 4.00. The van der Waals surface area contributed by atoms with Crippen LogP contribution in [0.15, 0.2) is 103 Å². The molecule has 0 atom stereocenters. The van der Waals surface area contributed by atoms with Gasteiger partial charge >= 0.3 is 12.0 Å². The molecule has 0 aliphatic rings. The minimum absolute atomic E-state index is 0.0503. The van der Waals surface area contributed by atoms with Crippen LogP contribution in [0.25, 0.3) is 0 Å². The molecule has 0 unspecified atom stereocenters. The van der Waals surface area contributed by atoms with Crippen molar-refractivity contribution in [2.45, 2.75) is 26.0 Å². The number of nitrogens with zero attached hydrogens (tertiary/aromatic N) is 1. The number of aliphatic carboxylic acids is 1. The molecule has 42 heavy (non-hydrogen) atoms. The number of carbonyl (C=O) groups is 3. The van der Waals surface area contributed by atoms with Gasteiger partial charge in [0, 0.05) is 35.9 Å². The Labute approximate surface area is 249 Å². The van der Waals surface area contributed by atoms with E-state index in [0.717, 1.165) is 16.7 Å². The van der Waals surface area contributed by atoms with Crippen molar-refractivity contribution in [2.75, 3.05) is 18.4 Å². The lowest BCUT2D eigenvalue weighted by atomic mass is 10.1. The smallest absolute Gasteiger partial charge is 0.322 e.